The average Bonchev–Trinajstić information content (AvgIpc) is 3.07. The van der Waals surface area contributed by atoms with Crippen molar-refractivity contribution in [3.63, 3.8) is 0 Å². The lowest BCUT2D eigenvalue weighted by molar-refractivity contribution is -0.0555. The molecule has 3 aromatic carbocycles. The Morgan fingerprint density at radius 2 is 1.63 bits per heavy atom. The Labute approximate surface area is 164 Å². The number of hydrogen-bond acceptors (Lipinski definition) is 1. The first kappa shape index (κ1) is 16.6. The van der Waals surface area contributed by atoms with E-state index >= 15 is 0 Å². The number of aryl methyl sites for hydroxylation is 1. The smallest absolute Gasteiger partial charge is 0.197 e. The third-order valence-corrected chi connectivity index (χ3v) is 5.67. The van der Waals surface area contributed by atoms with Gasteiger partial charge in [0.05, 0.1) is 12.1 Å². The molecule has 0 bridgehead atoms. The fraction of sp³-hybridized carbons (Fsp3) is 0.167. The summed E-state index contributed by atoms with van der Waals surface area (Å²) in [7, 11) is 0. The molecule has 27 heavy (non-hydrogen) atoms. The highest BCUT2D eigenvalue weighted by Gasteiger charge is 2.42. The highest BCUT2D eigenvalue weighted by molar-refractivity contribution is 6.30. The predicted molar refractivity (Wildman–Crippen MR) is 110 cm³/mol. The molecule has 0 saturated carbocycles. The number of benzene rings is 3. The molecule has 4 aromatic rings. The number of fused-ring (bicyclic) bond motifs is 3. The number of ether oxygens (including phenoxy) is 1. The van der Waals surface area contributed by atoms with E-state index in [2.05, 4.69) is 72.2 Å². The maximum Gasteiger partial charge on any atom is 0.197 e. The Balaban J connectivity index is 1.88. The van der Waals surface area contributed by atoms with Crippen molar-refractivity contribution < 1.29 is 4.74 Å². The van der Waals surface area contributed by atoms with E-state index in [1.165, 1.54) is 22.2 Å². The lowest BCUT2D eigenvalue weighted by Crippen LogP contribution is -2.43. The molecule has 1 unspecified atom stereocenters. The van der Waals surface area contributed by atoms with Gasteiger partial charge in [0, 0.05) is 33.7 Å². The maximum absolute atomic E-state index is 6.62. The summed E-state index contributed by atoms with van der Waals surface area (Å²) in [5, 5.41) is 1.98. The molecule has 1 aliphatic rings. The van der Waals surface area contributed by atoms with Crippen LogP contribution in [0.25, 0.3) is 10.9 Å². The van der Waals surface area contributed by atoms with E-state index in [-0.39, 0.29) is 0 Å². The van der Waals surface area contributed by atoms with Crippen LogP contribution in [0.2, 0.25) is 5.02 Å². The summed E-state index contributed by atoms with van der Waals surface area (Å²) in [5.74, 6) is 0. The molecular formula is C24H20ClNO. The zero-order chi connectivity index (χ0) is 18.4. The highest BCUT2D eigenvalue weighted by atomic mass is 35.5. The van der Waals surface area contributed by atoms with Crippen LogP contribution >= 0.6 is 11.6 Å². The molecule has 1 atom stereocenters. The lowest BCUT2D eigenvalue weighted by atomic mass is 9.92. The van der Waals surface area contributed by atoms with Crippen LogP contribution in [0.15, 0.2) is 78.9 Å². The molecule has 0 N–H and O–H groups in total. The molecule has 2 nitrogen and oxygen atoms in total. The average molecular weight is 374 g/mol. The van der Waals surface area contributed by atoms with Gasteiger partial charge < -0.3 is 9.30 Å². The summed E-state index contributed by atoms with van der Waals surface area (Å²) in [6.45, 7) is 2.81. The number of halogens is 1. The van der Waals surface area contributed by atoms with Crippen LogP contribution in [0.3, 0.4) is 0 Å². The molecule has 0 fully saturated rings. The Morgan fingerprint density at radius 1 is 0.889 bits per heavy atom. The molecule has 2 heterocycles. The van der Waals surface area contributed by atoms with Crippen molar-refractivity contribution in [2.45, 2.75) is 19.1 Å². The van der Waals surface area contributed by atoms with Gasteiger partial charge in [-0.05, 0) is 37.3 Å². The molecular weight excluding hydrogens is 354 g/mol. The molecule has 3 heteroatoms. The second-order valence-electron chi connectivity index (χ2n) is 7.15. The van der Waals surface area contributed by atoms with E-state index in [4.69, 9.17) is 16.3 Å². The molecule has 0 saturated heterocycles. The third kappa shape index (κ3) is 2.52. The number of hydrogen-bond donors (Lipinski definition) is 0. The quantitative estimate of drug-likeness (QED) is 0.425. The number of rotatable bonds is 2. The van der Waals surface area contributed by atoms with E-state index < -0.39 is 5.72 Å². The second kappa shape index (κ2) is 6.26. The Morgan fingerprint density at radius 3 is 2.41 bits per heavy atom. The largest absolute Gasteiger partial charge is 0.346 e. The minimum atomic E-state index is -0.698. The van der Waals surface area contributed by atoms with E-state index in [0.29, 0.717) is 6.61 Å². The van der Waals surface area contributed by atoms with Crippen molar-refractivity contribution in [1.29, 1.82) is 0 Å². The van der Waals surface area contributed by atoms with Crippen molar-refractivity contribution in [1.82, 2.24) is 4.57 Å². The second-order valence-corrected chi connectivity index (χ2v) is 7.59. The molecule has 0 radical (unpaired) electrons. The number of nitrogens with zero attached hydrogens (tertiary/aromatic N) is 1. The first-order valence-corrected chi connectivity index (χ1v) is 9.63. The molecule has 134 valence electrons. The van der Waals surface area contributed by atoms with Gasteiger partial charge in [-0.1, -0.05) is 65.7 Å². The predicted octanol–water partition coefficient (Wildman–Crippen LogP) is 5.93. The van der Waals surface area contributed by atoms with Gasteiger partial charge in [0.2, 0.25) is 0 Å². The molecule has 5 rings (SSSR count). The first-order valence-electron chi connectivity index (χ1n) is 9.25. The van der Waals surface area contributed by atoms with Crippen LogP contribution in [0.4, 0.5) is 0 Å². The zero-order valence-corrected chi connectivity index (χ0v) is 15.9. The Hall–Kier alpha value is -2.55. The summed E-state index contributed by atoms with van der Waals surface area (Å²) >= 11 is 6.19. The summed E-state index contributed by atoms with van der Waals surface area (Å²) in [6, 6.07) is 27.4. The van der Waals surface area contributed by atoms with Gasteiger partial charge in [-0.2, -0.15) is 0 Å². The van der Waals surface area contributed by atoms with E-state index in [1.807, 2.05) is 18.2 Å². The van der Waals surface area contributed by atoms with Gasteiger partial charge in [-0.3, -0.25) is 0 Å². The van der Waals surface area contributed by atoms with Gasteiger partial charge in [0.25, 0.3) is 0 Å². The molecule has 0 amide bonds. The highest BCUT2D eigenvalue weighted by Crippen LogP contribution is 2.43. The molecule has 0 aliphatic carbocycles. The fourth-order valence-corrected chi connectivity index (χ4v) is 4.37. The SMILES string of the molecule is Cc1ccc2c(c1)cc1n2C(c2ccccc2)(c2ccc(Cl)cc2)OCC1. The molecule has 1 aliphatic heterocycles. The monoisotopic (exact) mass is 373 g/mol. The van der Waals surface area contributed by atoms with E-state index in [9.17, 15) is 0 Å². The fourth-order valence-electron chi connectivity index (χ4n) is 4.25. The third-order valence-electron chi connectivity index (χ3n) is 5.42. The minimum Gasteiger partial charge on any atom is -0.346 e. The van der Waals surface area contributed by atoms with Gasteiger partial charge in [0.15, 0.2) is 5.72 Å². The van der Waals surface area contributed by atoms with Gasteiger partial charge in [0.1, 0.15) is 0 Å². The van der Waals surface area contributed by atoms with Crippen molar-refractivity contribution in [2.24, 2.45) is 0 Å². The van der Waals surface area contributed by atoms with Crippen molar-refractivity contribution >= 4 is 22.5 Å². The first-order chi connectivity index (χ1) is 13.2. The zero-order valence-electron chi connectivity index (χ0n) is 15.2. The summed E-state index contributed by atoms with van der Waals surface area (Å²) in [5.41, 5.74) is 5.25. The van der Waals surface area contributed by atoms with Crippen LogP contribution in [0.5, 0.6) is 0 Å². The Kier molecular flexibility index (Phi) is 3.85. The maximum atomic E-state index is 6.62. The number of aromatic nitrogens is 1. The van der Waals surface area contributed by atoms with E-state index in [0.717, 1.165) is 22.6 Å². The van der Waals surface area contributed by atoms with Crippen molar-refractivity contribution in [3.05, 3.63) is 106 Å². The van der Waals surface area contributed by atoms with Crippen molar-refractivity contribution in [2.75, 3.05) is 6.61 Å². The minimum absolute atomic E-state index is 0.673. The molecule has 1 aromatic heterocycles. The van der Waals surface area contributed by atoms with Crippen molar-refractivity contribution in [3.8, 4) is 0 Å². The summed E-state index contributed by atoms with van der Waals surface area (Å²) in [4.78, 5) is 0. The standard InChI is InChI=1S/C24H20ClNO/c1-17-7-12-23-18(15-17)16-22-13-14-27-24(26(22)23,19-5-3-2-4-6-19)20-8-10-21(25)11-9-20/h2-12,15-16H,13-14H2,1H3. The Bertz CT molecular complexity index is 1110. The summed E-state index contributed by atoms with van der Waals surface area (Å²) in [6.07, 6.45) is 0.899. The lowest BCUT2D eigenvalue weighted by Gasteiger charge is -2.41. The van der Waals surface area contributed by atoms with Crippen LogP contribution in [0.1, 0.15) is 22.4 Å². The normalized spacial score (nSPS) is 19.2. The van der Waals surface area contributed by atoms with Crippen LogP contribution in [-0.2, 0) is 16.9 Å². The van der Waals surface area contributed by atoms with E-state index in [1.54, 1.807) is 0 Å². The topological polar surface area (TPSA) is 14.2 Å². The molecule has 0 spiro atoms. The van der Waals surface area contributed by atoms with Gasteiger partial charge in [-0.25, -0.2) is 0 Å². The summed E-state index contributed by atoms with van der Waals surface area (Å²) < 4.78 is 8.99. The van der Waals surface area contributed by atoms with Gasteiger partial charge in [-0.15, -0.1) is 0 Å². The van der Waals surface area contributed by atoms with Crippen LogP contribution < -0.4 is 0 Å². The van der Waals surface area contributed by atoms with Gasteiger partial charge >= 0.3 is 0 Å². The van der Waals surface area contributed by atoms with Crippen LogP contribution in [-0.4, -0.2) is 11.2 Å². The van der Waals surface area contributed by atoms with Crippen LogP contribution in [0, 0.1) is 6.92 Å².